The van der Waals surface area contributed by atoms with Gasteiger partial charge in [0.25, 0.3) is 0 Å². The molecule has 0 fully saturated rings. The van der Waals surface area contributed by atoms with Crippen molar-refractivity contribution in [2.75, 3.05) is 0 Å². The van der Waals surface area contributed by atoms with E-state index in [1.165, 1.54) is 16.7 Å². The van der Waals surface area contributed by atoms with Gasteiger partial charge in [-0.3, -0.25) is 0 Å². The highest BCUT2D eigenvalue weighted by molar-refractivity contribution is 5.63. The van der Waals surface area contributed by atoms with Gasteiger partial charge in [0.05, 0.1) is 0 Å². The maximum Gasteiger partial charge on any atom is 0.00815 e. The van der Waals surface area contributed by atoms with Gasteiger partial charge in [-0.2, -0.15) is 0 Å². The fraction of sp³-hybridized carbons (Fsp3) is 0.333. The third kappa shape index (κ3) is 4.22. The summed E-state index contributed by atoms with van der Waals surface area (Å²) in [5.41, 5.74) is 3.96. The van der Waals surface area contributed by atoms with Gasteiger partial charge >= 0.3 is 0 Å². The van der Waals surface area contributed by atoms with Gasteiger partial charge in [-0.1, -0.05) is 68.4 Å². The molecule has 0 aliphatic heterocycles. The SMILES string of the molecule is CC(C)NC(C)Cc1ccc(-c2ccccc2)cc1. The summed E-state index contributed by atoms with van der Waals surface area (Å²) in [6.07, 6.45) is 1.08. The highest BCUT2D eigenvalue weighted by Crippen LogP contribution is 2.19. The Morgan fingerprint density at radius 1 is 0.789 bits per heavy atom. The van der Waals surface area contributed by atoms with E-state index in [-0.39, 0.29) is 0 Å². The van der Waals surface area contributed by atoms with E-state index in [1.807, 2.05) is 0 Å². The molecule has 0 saturated heterocycles. The molecule has 2 rings (SSSR count). The van der Waals surface area contributed by atoms with Crippen molar-refractivity contribution >= 4 is 0 Å². The molecular formula is C18H23N. The van der Waals surface area contributed by atoms with Crippen LogP contribution in [0.15, 0.2) is 54.6 Å². The third-order valence-corrected chi connectivity index (χ3v) is 3.22. The second kappa shape index (κ2) is 6.53. The average Bonchev–Trinajstić information content (AvgIpc) is 2.39. The van der Waals surface area contributed by atoms with Crippen molar-refractivity contribution < 1.29 is 0 Å². The molecular weight excluding hydrogens is 230 g/mol. The first kappa shape index (κ1) is 13.8. The lowest BCUT2D eigenvalue weighted by molar-refractivity contribution is 0.488. The fourth-order valence-electron chi connectivity index (χ4n) is 2.45. The van der Waals surface area contributed by atoms with Crippen LogP contribution in [0.5, 0.6) is 0 Å². The first-order valence-electron chi connectivity index (χ1n) is 7.05. The molecule has 1 unspecified atom stereocenters. The number of hydrogen-bond acceptors (Lipinski definition) is 1. The van der Waals surface area contributed by atoms with Crippen molar-refractivity contribution in [3.8, 4) is 11.1 Å². The van der Waals surface area contributed by atoms with Crippen LogP contribution in [0.3, 0.4) is 0 Å². The van der Waals surface area contributed by atoms with Gasteiger partial charge in [-0.25, -0.2) is 0 Å². The molecule has 1 heteroatoms. The second-order valence-corrected chi connectivity index (χ2v) is 5.49. The Kier molecular flexibility index (Phi) is 4.75. The lowest BCUT2D eigenvalue weighted by Gasteiger charge is -2.17. The monoisotopic (exact) mass is 253 g/mol. The summed E-state index contributed by atoms with van der Waals surface area (Å²) in [6.45, 7) is 6.62. The molecule has 0 aliphatic rings. The van der Waals surface area contributed by atoms with E-state index in [4.69, 9.17) is 0 Å². The molecule has 0 aromatic heterocycles. The lowest BCUT2D eigenvalue weighted by Crippen LogP contribution is -2.33. The minimum atomic E-state index is 0.516. The van der Waals surface area contributed by atoms with Crippen molar-refractivity contribution in [1.82, 2.24) is 5.32 Å². The molecule has 1 nitrogen and oxygen atoms in total. The highest BCUT2D eigenvalue weighted by atomic mass is 14.9. The van der Waals surface area contributed by atoms with Crippen LogP contribution >= 0.6 is 0 Å². The molecule has 2 aromatic rings. The minimum Gasteiger partial charge on any atom is -0.312 e. The predicted molar refractivity (Wildman–Crippen MR) is 83.3 cm³/mol. The summed E-state index contributed by atoms with van der Waals surface area (Å²) in [7, 11) is 0. The van der Waals surface area contributed by atoms with E-state index in [2.05, 4.69) is 80.7 Å². The minimum absolute atomic E-state index is 0.516. The van der Waals surface area contributed by atoms with Gasteiger partial charge in [0.15, 0.2) is 0 Å². The molecule has 100 valence electrons. The summed E-state index contributed by atoms with van der Waals surface area (Å²) in [6, 6.07) is 20.5. The Labute approximate surface area is 116 Å². The number of benzene rings is 2. The first-order chi connectivity index (χ1) is 9.15. The Bertz CT molecular complexity index is 485. The fourth-order valence-corrected chi connectivity index (χ4v) is 2.45. The summed E-state index contributed by atoms with van der Waals surface area (Å²) in [4.78, 5) is 0. The standard InChI is InChI=1S/C18H23N/c1-14(2)19-15(3)13-16-9-11-18(12-10-16)17-7-5-4-6-8-17/h4-12,14-15,19H,13H2,1-3H3. The van der Waals surface area contributed by atoms with Gasteiger partial charge in [0.1, 0.15) is 0 Å². The zero-order chi connectivity index (χ0) is 13.7. The molecule has 1 N–H and O–H groups in total. The number of hydrogen-bond donors (Lipinski definition) is 1. The van der Waals surface area contributed by atoms with Crippen LogP contribution in [0.25, 0.3) is 11.1 Å². The van der Waals surface area contributed by atoms with Gasteiger partial charge < -0.3 is 5.32 Å². The molecule has 2 aromatic carbocycles. The van der Waals surface area contributed by atoms with E-state index in [9.17, 15) is 0 Å². The normalized spacial score (nSPS) is 12.6. The molecule has 1 atom stereocenters. The topological polar surface area (TPSA) is 12.0 Å². The summed E-state index contributed by atoms with van der Waals surface area (Å²) in [5, 5.41) is 3.54. The largest absolute Gasteiger partial charge is 0.312 e. The first-order valence-corrected chi connectivity index (χ1v) is 7.05. The molecule has 0 amide bonds. The predicted octanol–water partition coefficient (Wildman–Crippen LogP) is 4.28. The Morgan fingerprint density at radius 3 is 1.95 bits per heavy atom. The molecule has 0 radical (unpaired) electrons. The van der Waals surface area contributed by atoms with Gasteiger partial charge in [-0.05, 0) is 30.0 Å². The van der Waals surface area contributed by atoms with Crippen molar-refractivity contribution in [3.05, 3.63) is 60.2 Å². The van der Waals surface area contributed by atoms with Gasteiger partial charge in [-0.15, -0.1) is 0 Å². The summed E-state index contributed by atoms with van der Waals surface area (Å²) in [5.74, 6) is 0. The van der Waals surface area contributed by atoms with Gasteiger partial charge in [0.2, 0.25) is 0 Å². The molecule has 19 heavy (non-hydrogen) atoms. The van der Waals surface area contributed by atoms with Crippen LogP contribution in [-0.2, 0) is 6.42 Å². The van der Waals surface area contributed by atoms with E-state index >= 15 is 0 Å². The van der Waals surface area contributed by atoms with E-state index in [0.717, 1.165) is 6.42 Å². The van der Waals surface area contributed by atoms with Crippen molar-refractivity contribution in [3.63, 3.8) is 0 Å². The molecule has 0 bridgehead atoms. The van der Waals surface area contributed by atoms with Crippen LogP contribution in [0.1, 0.15) is 26.3 Å². The van der Waals surface area contributed by atoms with Crippen LogP contribution < -0.4 is 5.32 Å². The van der Waals surface area contributed by atoms with E-state index in [0.29, 0.717) is 12.1 Å². The second-order valence-electron chi connectivity index (χ2n) is 5.49. The van der Waals surface area contributed by atoms with Gasteiger partial charge in [0, 0.05) is 12.1 Å². The average molecular weight is 253 g/mol. The lowest BCUT2D eigenvalue weighted by atomic mass is 10.0. The Balaban J connectivity index is 2.03. The maximum atomic E-state index is 3.54. The van der Waals surface area contributed by atoms with Crippen molar-refractivity contribution in [2.45, 2.75) is 39.3 Å². The highest BCUT2D eigenvalue weighted by Gasteiger charge is 2.05. The molecule has 0 aliphatic carbocycles. The Morgan fingerprint density at radius 2 is 1.37 bits per heavy atom. The molecule has 0 heterocycles. The summed E-state index contributed by atoms with van der Waals surface area (Å²) < 4.78 is 0. The smallest absolute Gasteiger partial charge is 0.00815 e. The van der Waals surface area contributed by atoms with E-state index in [1.54, 1.807) is 0 Å². The number of nitrogens with one attached hydrogen (secondary N) is 1. The zero-order valence-corrected chi connectivity index (χ0v) is 12.1. The quantitative estimate of drug-likeness (QED) is 0.838. The van der Waals surface area contributed by atoms with Crippen molar-refractivity contribution in [1.29, 1.82) is 0 Å². The number of rotatable bonds is 5. The third-order valence-electron chi connectivity index (χ3n) is 3.22. The maximum absolute atomic E-state index is 3.54. The van der Waals surface area contributed by atoms with Crippen LogP contribution in [0, 0.1) is 0 Å². The van der Waals surface area contributed by atoms with Crippen molar-refractivity contribution in [2.24, 2.45) is 0 Å². The molecule has 0 saturated carbocycles. The zero-order valence-electron chi connectivity index (χ0n) is 12.1. The van der Waals surface area contributed by atoms with Crippen LogP contribution in [0.2, 0.25) is 0 Å². The van der Waals surface area contributed by atoms with E-state index < -0.39 is 0 Å². The van der Waals surface area contributed by atoms with Crippen LogP contribution in [-0.4, -0.2) is 12.1 Å². The Hall–Kier alpha value is -1.60. The summed E-state index contributed by atoms with van der Waals surface area (Å²) >= 11 is 0. The molecule has 0 spiro atoms. The van der Waals surface area contributed by atoms with Crippen LogP contribution in [0.4, 0.5) is 0 Å².